The zero-order valence-corrected chi connectivity index (χ0v) is 9.10. The minimum Gasteiger partial charge on any atom is -0.391 e. The number of nitrogens with two attached hydrogens (primary N) is 1. The van der Waals surface area contributed by atoms with E-state index in [9.17, 15) is 5.11 Å². The molecule has 0 radical (unpaired) electrons. The van der Waals surface area contributed by atoms with Crippen LogP contribution >= 0.6 is 0 Å². The molecule has 0 fully saturated rings. The summed E-state index contributed by atoms with van der Waals surface area (Å²) in [5, 5.41) is 9.44. The van der Waals surface area contributed by atoms with Gasteiger partial charge in [-0.1, -0.05) is 30.3 Å². The summed E-state index contributed by atoms with van der Waals surface area (Å²) >= 11 is 0. The van der Waals surface area contributed by atoms with Gasteiger partial charge in [-0.2, -0.15) is 0 Å². The molecule has 2 unspecified atom stereocenters. The summed E-state index contributed by atoms with van der Waals surface area (Å²) in [6.45, 7) is 2.78. The third-order valence-corrected chi connectivity index (χ3v) is 2.30. The van der Waals surface area contributed by atoms with E-state index in [1.54, 1.807) is 6.92 Å². The largest absolute Gasteiger partial charge is 0.391 e. The lowest BCUT2D eigenvalue weighted by Gasteiger charge is -2.19. The van der Waals surface area contributed by atoms with Crippen molar-refractivity contribution >= 4 is 0 Å². The zero-order chi connectivity index (χ0) is 11.1. The molecule has 0 saturated carbocycles. The lowest BCUT2D eigenvalue weighted by Crippen LogP contribution is -2.28. The highest BCUT2D eigenvalue weighted by Gasteiger charge is 2.14. The number of ether oxygens (including phenoxy) is 1. The molecule has 0 amide bonds. The van der Waals surface area contributed by atoms with Crippen LogP contribution in [0.2, 0.25) is 0 Å². The predicted molar refractivity (Wildman–Crippen MR) is 60.4 cm³/mol. The molecule has 0 saturated heterocycles. The van der Waals surface area contributed by atoms with Crippen molar-refractivity contribution in [1.82, 2.24) is 0 Å². The number of hydrogen-bond acceptors (Lipinski definition) is 3. The Balaban J connectivity index is 2.40. The van der Waals surface area contributed by atoms with Crippen LogP contribution in [0.5, 0.6) is 0 Å². The Morgan fingerprint density at radius 3 is 2.53 bits per heavy atom. The van der Waals surface area contributed by atoms with Crippen molar-refractivity contribution < 1.29 is 9.84 Å². The van der Waals surface area contributed by atoms with E-state index < -0.39 is 6.10 Å². The van der Waals surface area contributed by atoms with Crippen molar-refractivity contribution in [2.75, 3.05) is 6.54 Å². The van der Waals surface area contributed by atoms with Gasteiger partial charge in [-0.05, 0) is 25.5 Å². The highest BCUT2D eigenvalue weighted by Crippen LogP contribution is 2.08. The first kappa shape index (κ1) is 12.2. The lowest BCUT2D eigenvalue weighted by atomic mass is 10.1. The minimum atomic E-state index is -0.475. The normalized spacial score (nSPS) is 14.9. The van der Waals surface area contributed by atoms with Crippen LogP contribution in [0.3, 0.4) is 0 Å². The van der Waals surface area contributed by atoms with Gasteiger partial charge in [-0.15, -0.1) is 0 Å². The van der Waals surface area contributed by atoms with Gasteiger partial charge in [0.05, 0.1) is 18.8 Å². The summed E-state index contributed by atoms with van der Waals surface area (Å²) < 4.78 is 5.60. The minimum absolute atomic E-state index is 0.171. The Bertz CT molecular complexity index is 262. The van der Waals surface area contributed by atoms with Crippen molar-refractivity contribution in [3.05, 3.63) is 35.9 Å². The van der Waals surface area contributed by atoms with E-state index in [1.807, 2.05) is 30.3 Å². The molecule has 0 aromatic heterocycles. The Kier molecular flexibility index (Phi) is 5.32. The van der Waals surface area contributed by atoms with Gasteiger partial charge in [0.2, 0.25) is 0 Å². The van der Waals surface area contributed by atoms with Crippen LogP contribution in [0.1, 0.15) is 18.9 Å². The maximum atomic E-state index is 9.44. The van der Waals surface area contributed by atoms with E-state index in [0.717, 1.165) is 5.56 Å². The van der Waals surface area contributed by atoms with Gasteiger partial charge in [0.1, 0.15) is 0 Å². The van der Waals surface area contributed by atoms with Crippen LogP contribution < -0.4 is 5.73 Å². The summed E-state index contributed by atoms with van der Waals surface area (Å²) in [4.78, 5) is 0. The van der Waals surface area contributed by atoms with E-state index in [0.29, 0.717) is 19.6 Å². The monoisotopic (exact) mass is 209 g/mol. The fourth-order valence-corrected chi connectivity index (χ4v) is 1.41. The quantitative estimate of drug-likeness (QED) is 0.742. The molecule has 0 spiro atoms. The molecule has 3 heteroatoms. The third kappa shape index (κ3) is 4.42. The third-order valence-electron chi connectivity index (χ3n) is 2.30. The number of benzene rings is 1. The van der Waals surface area contributed by atoms with Gasteiger partial charge >= 0.3 is 0 Å². The first-order valence-corrected chi connectivity index (χ1v) is 5.27. The molecule has 0 aliphatic rings. The summed E-state index contributed by atoms with van der Waals surface area (Å²) in [6.07, 6.45) is 0.0392. The van der Waals surface area contributed by atoms with Gasteiger partial charge < -0.3 is 15.6 Å². The van der Waals surface area contributed by atoms with Gasteiger partial charge in [0, 0.05) is 0 Å². The number of hydrogen-bond donors (Lipinski definition) is 2. The maximum Gasteiger partial charge on any atom is 0.0847 e. The molecule has 0 bridgehead atoms. The van der Waals surface area contributed by atoms with E-state index in [1.165, 1.54) is 0 Å². The van der Waals surface area contributed by atoms with Crippen molar-refractivity contribution in [2.45, 2.75) is 32.2 Å². The van der Waals surface area contributed by atoms with Crippen molar-refractivity contribution in [3.8, 4) is 0 Å². The molecule has 0 aliphatic carbocycles. The molecule has 0 aliphatic heterocycles. The average Bonchev–Trinajstić information content (AvgIpc) is 2.25. The Morgan fingerprint density at radius 2 is 2.00 bits per heavy atom. The molecule has 2 atom stereocenters. The first-order chi connectivity index (χ1) is 7.24. The topological polar surface area (TPSA) is 55.5 Å². The first-order valence-electron chi connectivity index (χ1n) is 5.27. The van der Waals surface area contributed by atoms with Crippen LogP contribution in [0.15, 0.2) is 30.3 Å². The molecule has 0 heterocycles. The molecule has 3 N–H and O–H groups in total. The SMILES string of the molecule is CC(O)C(CCN)OCc1ccccc1. The van der Waals surface area contributed by atoms with Gasteiger partial charge in [0.15, 0.2) is 0 Å². The summed E-state index contributed by atoms with van der Waals surface area (Å²) in [5.74, 6) is 0. The predicted octanol–water partition coefficient (Wildman–Crippen LogP) is 1.30. The van der Waals surface area contributed by atoms with E-state index in [2.05, 4.69) is 0 Å². The smallest absolute Gasteiger partial charge is 0.0847 e. The van der Waals surface area contributed by atoms with Gasteiger partial charge in [-0.3, -0.25) is 0 Å². The van der Waals surface area contributed by atoms with Crippen molar-refractivity contribution in [1.29, 1.82) is 0 Å². The van der Waals surface area contributed by atoms with Crippen LogP contribution in [0.25, 0.3) is 0 Å². The van der Waals surface area contributed by atoms with E-state index in [4.69, 9.17) is 10.5 Å². The summed E-state index contributed by atoms with van der Waals surface area (Å²) in [5.41, 5.74) is 6.56. The highest BCUT2D eigenvalue weighted by atomic mass is 16.5. The maximum absolute atomic E-state index is 9.44. The second kappa shape index (κ2) is 6.56. The second-order valence-electron chi connectivity index (χ2n) is 3.65. The van der Waals surface area contributed by atoms with Crippen LogP contribution in [-0.4, -0.2) is 23.9 Å². The van der Waals surface area contributed by atoms with Crippen molar-refractivity contribution in [2.24, 2.45) is 5.73 Å². The van der Waals surface area contributed by atoms with Crippen molar-refractivity contribution in [3.63, 3.8) is 0 Å². The van der Waals surface area contributed by atoms with Crippen LogP contribution in [0.4, 0.5) is 0 Å². The molecule has 84 valence electrons. The molecule has 1 aromatic carbocycles. The molecular weight excluding hydrogens is 190 g/mol. The zero-order valence-electron chi connectivity index (χ0n) is 9.10. The summed E-state index contributed by atoms with van der Waals surface area (Å²) in [7, 11) is 0. The molecule has 1 rings (SSSR count). The van der Waals surface area contributed by atoms with Gasteiger partial charge in [-0.25, -0.2) is 0 Å². The number of aliphatic hydroxyl groups excluding tert-OH is 1. The van der Waals surface area contributed by atoms with Gasteiger partial charge in [0.25, 0.3) is 0 Å². The Morgan fingerprint density at radius 1 is 1.33 bits per heavy atom. The standard InChI is InChI=1S/C12H19NO2/c1-10(14)12(7-8-13)15-9-11-5-3-2-4-6-11/h2-6,10,12,14H,7-9,13H2,1H3. The number of aliphatic hydroxyl groups is 1. The van der Waals surface area contributed by atoms with Crippen LogP contribution in [-0.2, 0) is 11.3 Å². The molecule has 3 nitrogen and oxygen atoms in total. The average molecular weight is 209 g/mol. The Labute approximate surface area is 90.9 Å². The highest BCUT2D eigenvalue weighted by molar-refractivity contribution is 5.13. The fourth-order valence-electron chi connectivity index (χ4n) is 1.41. The fraction of sp³-hybridized carbons (Fsp3) is 0.500. The van der Waals surface area contributed by atoms with E-state index in [-0.39, 0.29) is 6.10 Å². The molecule has 1 aromatic rings. The lowest BCUT2D eigenvalue weighted by molar-refractivity contribution is -0.0407. The second-order valence-corrected chi connectivity index (χ2v) is 3.65. The summed E-state index contributed by atoms with van der Waals surface area (Å²) in [6, 6.07) is 9.91. The van der Waals surface area contributed by atoms with E-state index >= 15 is 0 Å². The molecular formula is C12H19NO2. The Hall–Kier alpha value is -0.900. The van der Waals surface area contributed by atoms with Crippen LogP contribution in [0, 0.1) is 0 Å². The molecule has 15 heavy (non-hydrogen) atoms. The number of rotatable bonds is 6.